The third-order valence-electron chi connectivity index (χ3n) is 4.30. The zero-order valence-electron chi connectivity index (χ0n) is 12.5. The van der Waals surface area contributed by atoms with Crippen molar-refractivity contribution in [2.45, 2.75) is 56.7 Å². The topological polar surface area (TPSA) is 47.9 Å². The molecule has 0 unspecified atom stereocenters. The summed E-state index contributed by atoms with van der Waals surface area (Å²) in [6, 6.07) is 3.22. The predicted molar refractivity (Wildman–Crippen MR) is 74.9 cm³/mol. The van der Waals surface area contributed by atoms with Crippen LogP contribution in [0.2, 0.25) is 0 Å². The molecule has 7 heteroatoms. The lowest BCUT2D eigenvalue weighted by Gasteiger charge is -2.31. The lowest BCUT2D eigenvalue weighted by molar-refractivity contribution is -0.116. The number of aliphatic hydroxyl groups is 1. The van der Waals surface area contributed by atoms with Crippen molar-refractivity contribution in [2.24, 2.45) is 0 Å². The quantitative estimate of drug-likeness (QED) is 0.869. The van der Waals surface area contributed by atoms with Crippen LogP contribution in [0.25, 0.3) is 0 Å². The summed E-state index contributed by atoms with van der Waals surface area (Å²) >= 11 is 0. The standard InChI is InChI=1S/C16H19F3O4/c17-9-1-4-14(23-16(18)19)13(5-9)15(8-20)22-12-6-10-2-3-11(7-12)21-10/h1,4-5,10-12,15-16,20H,2-3,6-8H2/t10-,11-,15+/m1/s1. The van der Waals surface area contributed by atoms with Crippen molar-refractivity contribution in [3.05, 3.63) is 29.6 Å². The minimum atomic E-state index is -3.03. The summed E-state index contributed by atoms with van der Waals surface area (Å²) in [5.74, 6) is -0.786. The number of hydrogen-bond acceptors (Lipinski definition) is 4. The molecule has 0 aliphatic carbocycles. The molecule has 2 fully saturated rings. The summed E-state index contributed by atoms with van der Waals surface area (Å²) in [4.78, 5) is 0. The van der Waals surface area contributed by atoms with E-state index in [1.165, 1.54) is 0 Å². The number of aliphatic hydroxyl groups excluding tert-OH is 1. The molecule has 2 heterocycles. The van der Waals surface area contributed by atoms with Crippen LogP contribution in [0.4, 0.5) is 13.2 Å². The first-order valence-corrected chi connectivity index (χ1v) is 7.71. The van der Waals surface area contributed by atoms with Gasteiger partial charge in [-0.1, -0.05) is 0 Å². The summed E-state index contributed by atoms with van der Waals surface area (Å²) in [5.41, 5.74) is 0.0895. The van der Waals surface area contributed by atoms with E-state index in [4.69, 9.17) is 9.47 Å². The van der Waals surface area contributed by atoms with Gasteiger partial charge in [-0.15, -0.1) is 0 Å². The highest BCUT2D eigenvalue weighted by Crippen LogP contribution is 2.37. The Morgan fingerprint density at radius 2 is 1.91 bits per heavy atom. The van der Waals surface area contributed by atoms with Crippen LogP contribution in [0.1, 0.15) is 37.4 Å². The first kappa shape index (κ1) is 16.5. The molecule has 1 aromatic rings. The Balaban J connectivity index is 1.76. The molecule has 2 aliphatic rings. The van der Waals surface area contributed by atoms with E-state index in [2.05, 4.69) is 4.74 Å². The van der Waals surface area contributed by atoms with Gasteiger partial charge in [-0.05, 0) is 43.9 Å². The molecule has 3 atom stereocenters. The molecule has 1 N–H and O–H groups in total. The van der Waals surface area contributed by atoms with Crippen LogP contribution in [-0.2, 0) is 9.47 Å². The van der Waals surface area contributed by atoms with Crippen LogP contribution in [-0.4, -0.2) is 36.6 Å². The predicted octanol–water partition coefficient (Wildman–Crippen LogP) is 3.19. The molecule has 23 heavy (non-hydrogen) atoms. The summed E-state index contributed by atoms with van der Waals surface area (Å²) in [6.45, 7) is -3.48. The largest absolute Gasteiger partial charge is 0.434 e. The molecular weight excluding hydrogens is 313 g/mol. The van der Waals surface area contributed by atoms with Gasteiger partial charge in [0.25, 0.3) is 0 Å². The van der Waals surface area contributed by atoms with E-state index in [-0.39, 0.29) is 29.6 Å². The molecule has 3 rings (SSSR count). The Kier molecular flexibility index (Phi) is 5.08. The molecule has 1 aromatic carbocycles. The van der Waals surface area contributed by atoms with Crippen LogP contribution >= 0.6 is 0 Å². The van der Waals surface area contributed by atoms with Gasteiger partial charge in [0.2, 0.25) is 0 Å². The number of ether oxygens (including phenoxy) is 3. The van der Waals surface area contributed by atoms with E-state index in [9.17, 15) is 18.3 Å². The van der Waals surface area contributed by atoms with E-state index < -0.39 is 25.1 Å². The minimum absolute atomic E-state index is 0.0895. The van der Waals surface area contributed by atoms with Crippen molar-refractivity contribution in [2.75, 3.05) is 6.61 Å². The van der Waals surface area contributed by atoms with Gasteiger partial charge in [0, 0.05) is 5.56 Å². The molecule has 2 aliphatic heterocycles. The zero-order chi connectivity index (χ0) is 16.4. The Morgan fingerprint density at radius 1 is 1.22 bits per heavy atom. The average molecular weight is 332 g/mol. The second kappa shape index (κ2) is 7.07. The molecular formula is C16H19F3O4. The maximum Gasteiger partial charge on any atom is 0.387 e. The van der Waals surface area contributed by atoms with Crippen LogP contribution in [0.3, 0.4) is 0 Å². The SMILES string of the molecule is OC[C@H](OC1C[C@H]2CC[C@H](C1)O2)c1cc(F)ccc1OC(F)F. The molecule has 4 nitrogen and oxygen atoms in total. The normalized spacial score (nSPS) is 28.1. The fourth-order valence-electron chi connectivity index (χ4n) is 3.34. The van der Waals surface area contributed by atoms with Crippen LogP contribution in [0, 0.1) is 5.82 Å². The molecule has 0 saturated carbocycles. The Hall–Kier alpha value is -1.31. The minimum Gasteiger partial charge on any atom is -0.434 e. The van der Waals surface area contributed by atoms with Gasteiger partial charge in [0.05, 0.1) is 24.9 Å². The van der Waals surface area contributed by atoms with Crippen molar-refractivity contribution in [1.29, 1.82) is 0 Å². The fourth-order valence-corrected chi connectivity index (χ4v) is 3.34. The number of rotatable bonds is 6. The third-order valence-corrected chi connectivity index (χ3v) is 4.30. The number of halogens is 3. The number of alkyl halides is 2. The van der Waals surface area contributed by atoms with E-state index in [1.54, 1.807) is 0 Å². The van der Waals surface area contributed by atoms with E-state index in [0.29, 0.717) is 12.8 Å². The van der Waals surface area contributed by atoms with Gasteiger partial charge in [-0.3, -0.25) is 0 Å². The molecule has 0 aromatic heterocycles. The van der Waals surface area contributed by atoms with Gasteiger partial charge in [0.1, 0.15) is 17.7 Å². The highest BCUT2D eigenvalue weighted by molar-refractivity contribution is 5.36. The second-order valence-corrected chi connectivity index (χ2v) is 5.92. The summed E-state index contributed by atoms with van der Waals surface area (Å²) < 4.78 is 54.5. The van der Waals surface area contributed by atoms with Crippen molar-refractivity contribution >= 4 is 0 Å². The highest BCUT2D eigenvalue weighted by Gasteiger charge is 2.37. The highest BCUT2D eigenvalue weighted by atomic mass is 19.3. The van der Waals surface area contributed by atoms with Crippen molar-refractivity contribution in [1.82, 2.24) is 0 Å². The van der Waals surface area contributed by atoms with Crippen LogP contribution < -0.4 is 4.74 Å². The van der Waals surface area contributed by atoms with E-state index >= 15 is 0 Å². The van der Waals surface area contributed by atoms with Gasteiger partial charge >= 0.3 is 6.61 Å². The lowest BCUT2D eigenvalue weighted by atomic mass is 10.0. The molecule has 0 amide bonds. The van der Waals surface area contributed by atoms with Gasteiger partial charge < -0.3 is 19.3 Å². The third kappa shape index (κ3) is 3.97. The van der Waals surface area contributed by atoms with E-state index in [1.807, 2.05) is 0 Å². The average Bonchev–Trinajstić information content (AvgIpc) is 2.85. The smallest absolute Gasteiger partial charge is 0.387 e. The number of fused-ring (bicyclic) bond motifs is 2. The molecule has 2 saturated heterocycles. The van der Waals surface area contributed by atoms with Crippen molar-refractivity contribution < 1.29 is 32.5 Å². The molecule has 0 spiro atoms. The summed E-state index contributed by atoms with van der Waals surface area (Å²) in [5, 5.41) is 9.59. The van der Waals surface area contributed by atoms with Crippen molar-refractivity contribution in [3.63, 3.8) is 0 Å². The maximum absolute atomic E-state index is 13.5. The summed E-state index contributed by atoms with van der Waals surface area (Å²) in [6.07, 6.45) is 2.55. The zero-order valence-corrected chi connectivity index (χ0v) is 12.5. The van der Waals surface area contributed by atoms with E-state index in [0.717, 1.165) is 31.0 Å². The Labute approximate surface area is 132 Å². The van der Waals surface area contributed by atoms with Crippen molar-refractivity contribution in [3.8, 4) is 5.75 Å². The Bertz CT molecular complexity index is 528. The fraction of sp³-hybridized carbons (Fsp3) is 0.625. The van der Waals surface area contributed by atoms with Crippen LogP contribution in [0.5, 0.6) is 5.75 Å². The number of hydrogen-bond donors (Lipinski definition) is 1. The number of benzene rings is 1. The molecule has 128 valence electrons. The van der Waals surface area contributed by atoms with Gasteiger partial charge in [0.15, 0.2) is 0 Å². The Morgan fingerprint density at radius 3 is 2.52 bits per heavy atom. The summed E-state index contributed by atoms with van der Waals surface area (Å²) in [7, 11) is 0. The van der Waals surface area contributed by atoms with Crippen LogP contribution in [0.15, 0.2) is 18.2 Å². The first-order valence-electron chi connectivity index (χ1n) is 7.71. The molecule has 2 bridgehead atoms. The maximum atomic E-state index is 13.5. The molecule has 0 radical (unpaired) electrons. The first-order chi connectivity index (χ1) is 11.0. The lowest BCUT2D eigenvalue weighted by Crippen LogP contribution is -2.32. The van der Waals surface area contributed by atoms with Gasteiger partial charge in [-0.25, -0.2) is 4.39 Å². The monoisotopic (exact) mass is 332 g/mol. The van der Waals surface area contributed by atoms with Gasteiger partial charge in [-0.2, -0.15) is 8.78 Å². The second-order valence-electron chi connectivity index (χ2n) is 5.92.